The van der Waals surface area contributed by atoms with Gasteiger partial charge in [-0.15, -0.1) is 5.06 Å². The first-order valence-electron chi connectivity index (χ1n) is 18.6. The summed E-state index contributed by atoms with van der Waals surface area (Å²) in [4.78, 5) is 76.2. The van der Waals surface area contributed by atoms with E-state index in [2.05, 4.69) is 23.6 Å². The molecule has 0 radical (unpaired) electrons. The summed E-state index contributed by atoms with van der Waals surface area (Å²) in [6.07, 6.45) is 9.83. The lowest BCUT2D eigenvalue weighted by molar-refractivity contribution is -0.197. The normalized spacial score (nSPS) is 30.9. The Morgan fingerprint density at radius 2 is 1.77 bits per heavy atom. The molecule has 53 heavy (non-hydrogen) atoms. The SMILES string of the molecule is CC(=O)OC(C)/C=C\C(=O)N[C@@H]1C[C@H](C)[C@H](C/C=C(C)/C=C/[C@H]2O[C@H](CC(=O)NCCCCCC(=O)ON3C(=O)CCC3=O)C[C@@]3(CO3)[C@@H]2O)O[C@@H]1C. The Bertz CT molecular complexity index is 1420. The van der Waals surface area contributed by atoms with Crippen LogP contribution in [0.25, 0.3) is 0 Å². The van der Waals surface area contributed by atoms with Gasteiger partial charge in [-0.1, -0.05) is 37.1 Å². The van der Waals surface area contributed by atoms with Crippen molar-refractivity contribution in [1.29, 1.82) is 0 Å². The maximum atomic E-state index is 12.7. The predicted octanol–water partition coefficient (Wildman–Crippen LogP) is 2.65. The zero-order chi connectivity index (χ0) is 38.7. The number of carbonyl (C=O) groups excluding carboxylic acids is 6. The topological polar surface area (TPSA) is 199 Å². The largest absolute Gasteiger partial charge is 0.459 e. The third kappa shape index (κ3) is 12.9. The molecule has 0 bridgehead atoms. The minimum atomic E-state index is -0.867. The summed E-state index contributed by atoms with van der Waals surface area (Å²) in [6, 6.07) is -0.157. The van der Waals surface area contributed by atoms with Crippen molar-refractivity contribution in [3.63, 3.8) is 0 Å². The van der Waals surface area contributed by atoms with Crippen LogP contribution in [0.5, 0.6) is 0 Å². The lowest BCUT2D eigenvalue weighted by atomic mass is 9.87. The van der Waals surface area contributed by atoms with E-state index < -0.39 is 53.8 Å². The molecular formula is C38H55N3O12. The van der Waals surface area contributed by atoms with Crippen molar-refractivity contribution >= 4 is 35.6 Å². The Labute approximate surface area is 310 Å². The molecular weight excluding hydrogens is 690 g/mol. The molecule has 9 atom stereocenters. The Balaban J connectivity index is 1.16. The van der Waals surface area contributed by atoms with Gasteiger partial charge in [0.15, 0.2) is 0 Å². The van der Waals surface area contributed by atoms with Crippen LogP contribution in [0.4, 0.5) is 0 Å². The minimum absolute atomic E-state index is 0.0428. The smallest absolute Gasteiger partial charge is 0.333 e. The summed E-state index contributed by atoms with van der Waals surface area (Å²) >= 11 is 0. The number of nitrogens with one attached hydrogen (secondary N) is 2. The first-order valence-corrected chi connectivity index (χ1v) is 18.6. The van der Waals surface area contributed by atoms with E-state index in [1.807, 2.05) is 19.9 Å². The van der Waals surface area contributed by atoms with Gasteiger partial charge in [-0.05, 0) is 58.4 Å². The molecule has 3 N–H and O–H groups in total. The third-order valence-corrected chi connectivity index (χ3v) is 9.92. The molecule has 4 saturated heterocycles. The van der Waals surface area contributed by atoms with E-state index in [-0.39, 0.29) is 61.7 Å². The van der Waals surface area contributed by atoms with Crippen LogP contribution in [0.1, 0.15) is 98.8 Å². The molecule has 4 amide bonds. The average Bonchev–Trinajstić information content (AvgIpc) is 3.80. The van der Waals surface area contributed by atoms with Crippen molar-refractivity contribution in [1.82, 2.24) is 15.7 Å². The molecule has 4 aliphatic rings. The molecule has 4 heterocycles. The first kappa shape index (κ1) is 41.8. The Morgan fingerprint density at radius 3 is 2.45 bits per heavy atom. The van der Waals surface area contributed by atoms with E-state index >= 15 is 0 Å². The quantitative estimate of drug-likeness (QED) is 0.0492. The average molecular weight is 746 g/mol. The van der Waals surface area contributed by atoms with Gasteiger partial charge in [-0.3, -0.25) is 24.0 Å². The fourth-order valence-electron chi connectivity index (χ4n) is 6.77. The molecule has 4 fully saturated rings. The number of hydrogen-bond donors (Lipinski definition) is 3. The minimum Gasteiger partial charge on any atom is -0.459 e. The van der Waals surface area contributed by atoms with Gasteiger partial charge in [0, 0.05) is 45.2 Å². The number of epoxide rings is 1. The first-order chi connectivity index (χ1) is 25.2. The van der Waals surface area contributed by atoms with Crippen LogP contribution in [0.2, 0.25) is 0 Å². The van der Waals surface area contributed by atoms with Crippen LogP contribution in [0, 0.1) is 5.92 Å². The molecule has 1 unspecified atom stereocenters. The van der Waals surface area contributed by atoms with E-state index in [0.717, 1.165) is 12.0 Å². The lowest BCUT2D eigenvalue weighted by Crippen LogP contribution is -2.50. The van der Waals surface area contributed by atoms with Gasteiger partial charge >= 0.3 is 11.9 Å². The van der Waals surface area contributed by atoms with Crippen LogP contribution >= 0.6 is 0 Å². The van der Waals surface area contributed by atoms with E-state index in [4.69, 9.17) is 23.8 Å². The van der Waals surface area contributed by atoms with Crippen LogP contribution in [0.3, 0.4) is 0 Å². The number of allylic oxidation sites excluding steroid dienone is 2. The number of rotatable bonds is 17. The van der Waals surface area contributed by atoms with E-state index in [9.17, 15) is 33.9 Å². The second-order valence-corrected chi connectivity index (χ2v) is 14.6. The molecule has 1 spiro atoms. The number of carbonyl (C=O) groups is 6. The number of nitrogens with zero attached hydrogens (tertiary/aromatic N) is 1. The van der Waals surface area contributed by atoms with Gasteiger partial charge in [0.2, 0.25) is 11.8 Å². The zero-order valence-electron chi connectivity index (χ0n) is 31.4. The fraction of sp³-hybridized carbons (Fsp3) is 0.684. The number of aliphatic hydroxyl groups is 1. The monoisotopic (exact) mass is 745 g/mol. The summed E-state index contributed by atoms with van der Waals surface area (Å²) in [5, 5.41) is 17.4. The lowest BCUT2D eigenvalue weighted by Gasteiger charge is -2.39. The second-order valence-electron chi connectivity index (χ2n) is 14.6. The molecule has 4 rings (SSSR count). The fourth-order valence-corrected chi connectivity index (χ4v) is 6.77. The molecule has 15 nitrogen and oxygen atoms in total. The zero-order valence-corrected chi connectivity index (χ0v) is 31.4. The number of imide groups is 1. The van der Waals surface area contributed by atoms with E-state index in [1.165, 1.54) is 19.1 Å². The summed E-state index contributed by atoms with van der Waals surface area (Å²) < 4.78 is 23.1. The van der Waals surface area contributed by atoms with Crippen LogP contribution in [-0.2, 0) is 52.6 Å². The number of unbranched alkanes of at least 4 members (excludes halogenated alkanes) is 2. The van der Waals surface area contributed by atoms with Crippen LogP contribution in [0.15, 0.2) is 36.0 Å². The predicted molar refractivity (Wildman–Crippen MR) is 189 cm³/mol. The summed E-state index contributed by atoms with van der Waals surface area (Å²) in [7, 11) is 0. The Morgan fingerprint density at radius 1 is 1.06 bits per heavy atom. The van der Waals surface area contributed by atoms with E-state index in [0.29, 0.717) is 50.3 Å². The molecule has 4 aliphatic heterocycles. The van der Waals surface area contributed by atoms with Crippen molar-refractivity contribution in [2.45, 2.75) is 147 Å². The highest BCUT2D eigenvalue weighted by Crippen LogP contribution is 2.43. The van der Waals surface area contributed by atoms with Gasteiger partial charge in [0.1, 0.15) is 23.9 Å². The van der Waals surface area contributed by atoms with Crippen LogP contribution in [-0.4, -0.2) is 107 Å². The van der Waals surface area contributed by atoms with Crippen molar-refractivity contribution in [3.8, 4) is 0 Å². The van der Waals surface area contributed by atoms with Gasteiger partial charge in [0.25, 0.3) is 11.8 Å². The van der Waals surface area contributed by atoms with Crippen molar-refractivity contribution < 1.29 is 57.7 Å². The number of amides is 4. The standard InChI is InChI=1S/C38H55N3O12/c1-23(10-13-30-24(2)19-29(26(4)51-30)40-32(43)15-12-25(3)50-27(5)42)11-14-31-37(48)38(22-49-38)21-28(52-31)20-33(44)39-18-8-6-7-9-36(47)53-41-34(45)16-17-35(41)46/h10-12,14-15,24-26,28-31,37,48H,6-9,13,16-22H2,1-5H3,(H,39,44)(H,40,43)/b14-11+,15-12-,23-10+/t24-,25?,26+,28+,29+,30-,31+,37+,38+/m0/s1. The molecule has 0 saturated carbocycles. The maximum Gasteiger partial charge on any atom is 0.333 e. The van der Waals surface area contributed by atoms with Crippen molar-refractivity contribution in [2.24, 2.45) is 5.92 Å². The van der Waals surface area contributed by atoms with Crippen molar-refractivity contribution in [2.75, 3.05) is 13.2 Å². The Hall–Kier alpha value is -3.92. The van der Waals surface area contributed by atoms with Gasteiger partial charge in [0.05, 0.1) is 37.4 Å². The number of hydrogen-bond acceptors (Lipinski definition) is 12. The maximum absolute atomic E-state index is 12.7. The molecule has 0 aromatic carbocycles. The molecule has 0 aromatic rings. The number of esters is 1. The highest BCUT2D eigenvalue weighted by atomic mass is 16.7. The molecule has 0 aromatic heterocycles. The summed E-state index contributed by atoms with van der Waals surface area (Å²) in [5.41, 5.74) is 0.238. The molecule has 15 heteroatoms. The van der Waals surface area contributed by atoms with E-state index in [1.54, 1.807) is 13.0 Å². The van der Waals surface area contributed by atoms with Gasteiger partial charge in [-0.25, -0.2) is 4.79 Å². The number of ether oxygens (including phenoxy) is 4. The third-order valence-electron chi connectivity index (χ3n) is 9.92. The van der Waals surface area contributed by atoms with Crippen molar-refractivity contribution in [3.05, 3.63) is 36.0 Å². The highest BCUT2D eigenvalue weighted by molar-refractivity contribution is 6.01. The summed E-state index contributed by atoms with van der Waals surface area (Å²) in [6.45, 7) is 9.81. The van der Waals surface area contributed by atoms with Gasteiger partial charge < -0.3 is 39.5 Å². The molecule has 294 valence electrons. The number of hydroxylamine groups is 2. The highest BCUT2D eigenvalue weighted by Gasteiger charge is 2.58. The summed E-state index contributed by atoms with van der Waals surface area (Å²) in [5.74, 6) is -2.35. The second kappa shape index (κ2) is 19.4. The Kier molecular flexibility index (Phi) is 15.3. The number of aliphatic hydroxyl groups excluding tert-OH is 1. The van der Waals surface area contributed by atoms with Gasteiger partial charge in [-0.2, -0.15) is 0 Å². The van der Waals surface area contributed by atoms with Crippen LogP contribution < -0.4 is 10.6 Å². The molecule has 0 aliphatic carbocycles.